The Morgan fingerprint density at radius 2 is 1.63 bits per heavy atom. The summed E-state index contributed by atoms with van der Waals surface area (Å²) in [5.74, 6) is 0.762. The van der Waals surface area contributed by atoms with Crippen LogP contribution in [0.1, 0.15) is 55.6 Å². The van der Waals surface area contributed by atoms with Gasteiger partial charge in [-0.2, -0.15) is 0 Å². The quantitative estimate of drug-likeness (QED) is 0.352. The summed E-state index contributed by atoms with van der Waals surface area (Å²) in [5.41, 5.74) is 3.47. The molecule has 0 saturated heterocycles. The molecule has 1 saturated carbocycles. The molecule has 0 N–H and O–H groups in total. The molecule has 1 aromatic heterocycles. The van der Waals surface area contributed by atoms with Gasteiger partial charge in [-0.25, -0.2) is 4.98 Å². The van der Waals surface area contributed by atoms with Crippen molar-refractivity contribution in [2.24, 2.45) is 5.92 Å². The van der Waals surface area contributed by atoms with Crippen LogP contribution in [0.3, 0.4) is 0 Å². The van der Waals surface area contributed by atoms with E-state index in [2.05, 4.69) is 0 Å². The van der Waals surface area contributed by atoms with Crippen LogP contribution in [0, 0.1) is 12.8 Å². The number of rotatable bonds is 6. The predicted molar refractivity (Wildman–Crippen MR) is 139 cm³/mol. The predicted octanol–water partition coefficient (Wildman–Crippen LogP) is 5.97. The van der Waals surface area contributed by atoms with Crippen molar-refractivity contribution >= 4 is 16.8 Å². The molecule has 1 aliphatic rings. The number of benzene rings is 3. The monoisotopic (exact) mass is 465 g/mol. The van der Waals surface area contributed by atoms with Crippen molar-refractivity contribution in [2.75, 3.05) is 0 Å². The van der Waals surface area contributed by atoms with E-state index in [-0.39, 0.29) is 23.4 Å². The Morgan fingerprint density at radius 3 is 2.34 bits per heavy atom. The highest BCUT2D eigenvalue weighted by Gasteiger charge is 2.32. The minimum Gasteiger partial charge on any atom is -0.328 e. The van der Waals surface area contributed by atoms with Gasteiger partial charge in [0.2, 0.25) is 5.91 Å². The molecule has 1 unspecified atom stereocenters. The second kappa shape index (κ2) is 9.87. The van der Waals surface area contributed by atoms with Gasteiger partial charge in [0, 0.05) is 12.5 Å². The van der Waals surface area contributed by atoms with E-state index in [1.807, 2.05) is 97.6 Å². The Balaban J connectivity index is 1.66. The Kier molecular flexibility index (Phi) is 6.49. The fourth-order valence-corrected chi connectivity index (χ4v) is 5.11. The van der Waals surface area contributed by atoms with Crippen LogP contribution >= 0.6 is 0 Å². The molecule has 5 heteroatoms. The number of carbonyl (C=O) groups excluding carboxylic acids is 1. The third-order valence-corrected chi connectivity index (χ3v) is 7.12. The van der Waals surface area contributed by atoms with Crippen molar-refractivity contribution in [2.45, 2.75) is 52.1 Å². The zero-order valence-corrected chi connectivity index (χ0v) is 20.4. The molecule has 1 aliphatic carbocycles. The lowest BCUT2D eigenvalue weighted by atomic mass is 10.0. The molecule has 0 spiro atoms. The van der Waals surface area contributed by atoms with E-state index in [1.165, 1.54) is 0 Å². The highest BCUT2D eigenvalue weighted by Crippen LogP contribution is 2.32. The van der Waals surface area contributed by atoms with E-state index in [1.54, 1.807) is 4.57 Å². The molecule has 0 bridgehead atoms. The van der Waals surface area contributed by atoms with Crippen LogP contribution in [0.2, 0.25) is 0 Å². The molecule has 3 aromatic carbocycles. The van der Waals surface area contributed by atoms with E-state index in [9.17, 15) is 9.59 Å². The maximum absolute atomic E-state index is 13.8. The molecule has 1 atom stereocenters. The molecule has 5 rings (SSSR count). The first-order valence-electron chi connectivity index (χ1n) is 12.5. The fourth-order valence-electron chi connectivity index (χ4n) is 5.11. The number of nitrogens with zero attached hydrogens (tertiary/aromatic N) is 3. The van der Waals surface area contributed by atoms with Crippen LogP contribution in [0.15, 0.2) is 83.7 Å². The normalized spacial score (nSPS) is 14.8. The van der Waals surface area contributed by atoms with E-state index in [4.69, 9.17) is 4.98 Å². The third-order valence-electron chi connectivity index (χ3n) is 7.12. The first-order valence-corrected chi connectivity index (χ1v) is 12.5. The largest absolute Gasteiger partial charge is 0.328 e. The number of fused-ring (bicyclic) bond motifs is 1. The van der Waals surface area contributed by atoms with Crippen molar-refractivity contribution < 1.29 is 4.79 Å². The van der Waals surface area contributed by atoms with Gasteiger partial charge in [0.25, 0.3) is 5.56 Å². The summed E-state index contributed by atoms with van der Waals surface area (Å²) < 4.78 is 1.69. The van der Waals surface area contributed by atoms with Crippen LogP contribution in [0.25, 0.3) is 16.6 Å². The zero-order chi connectivity index (χ0) is 24.4. The van der Waals surface area contributed by atoms with Gasteiger partial charge >= 0.3 is 0 Å². The molecule has 1 fully saturated rings. The lowest BCUT2D eigenvalue weighted by Crippen LogP contribution is -2.39. The summed E-state index contributed by atoms with van der Waals surface area (Å²) in [6.07, 6.45) is 4.03. The van der Waals surface area contributed by atoms with Crippen molar-refractivity contribution in [1.29, 1.82) is 0 Å². The Labute approximate surface area is 206 Å². The summed E-state index contributed by atoms with van der Waals surface area (Å²) in [4.78, 5) is 34.5. The average Bonchev–Trinajstić information content (AvgIpc) is 3.43. The molecule has 0 aliphatic heterocycles. The standard InChI is InChI=1S/C30H31N3O2/c1-21-16-18-25(19-17-21)33-28(31-27-15-9-8-14-26(27)30(33)35)22(2)32(20-23-10-4-3-5-11-23)29(34)24-12-6-7-13-24/h3-5,8-11,14-19,22,24H,6-7,12-13,20H2,1-2H3. The molecule has 178 valence electrons. The van der Waals surface area contributed by atoms with Crippen molar-refractivity contribution in [3.8, 4) is 5.69 Å². The van der Waals surface area contributed by atoms with Gasteiger partial charge in [0.05, 0.1) is 22.6 Å². The summed E-state index contributed by atoms with van der Waals surface area (Å²) >= 11 is 0. The molecule has 1 heterocycles. The van der Waals surface area contributed by atoms with Gasteiger partial charge in [-0.1, -0.05) is 73.0 Å². The Hall–Kier alpha value is -3.73. The SMILES string of the molecule is Cc1ccc(-n2c(C(C)N(Cc3ccccc3)C(=O)C3CCCC3)nc3ccccc3c2=O)cc1. The average molecular weight is 466 g/mol. The van der Waals surface area contributed by atoms with Crippen molar-refractivity contribution in [3.63, 3.8) is 0 Å². The fraction of sp³-hybridized carbons (Fsp3) is 0.300. The summed E-state index contributed by atoms with van der Waals surface area (Å²) in [6.45, 7) is 4.50. The molecule has 35 heavy (non-hydrogen) atoms. The number of aromatic nitrogens is 2. The van der Waals surface area contributed by atoms with Crippen LogP contribution in [-0.2, 0) is 11.3 Å². The lowest BCUT2D eigenvalue weighted by molar-refractivity contribution is -0.138. The lowest BCUT2D eigenvalue weighted by Gasteiger charge is -2.32. The van der Waals surface area contributed by atoms with Gasteiger partial charge < -0.3 is 4.90 Å². The Morgan fingerprint density at radius 1 is 0.971 bits per heavy atom. The first-order chi connectivity index (χ1) is 17.0. The molecule has 5 nitrogen and oxygen atoms in total. The summed E-state index contributed by atoms with van der Waals surface area (Å²) in [5, 5.41) is 0.570. The highest BCUT2D eigenvalue weighted by molar-refractivity contribution is 5.80. The minimum atomic E-state index is -0.387. The smallest absolute Gasteiger partial charge is 0.266 e. The van der Waals surface area contributed by atoms with Gasteiger partial charge in [-0.15, -0.1) is 0 Å². The Bertz CT molecular complexity index is 1390. The summed E-state index contributed by atoms with van der Waals surface area (Å²) in [6, 6.07) is 25.0. The number of para-hydroxylation sites is 1. The minimum absolute atomic E-state index is 0.0289. The second-order valence-electron chi connectivity index (χ2n) is 9.57. The van der Waals surface area contributed by atoms with Crippen LogP contribution in [0.4, 0.5) is 0 Å². The zero-order valence-electron chi connectivity index (χ0n) is 20.4. The van der Waals surface area contributed by atoms with E-state index in [0.29, 0.717) is 23.3 Å². The van der Waals surface area contributed by atoms with Crippen LogP contribution < -0.4 is 5.56 Å². The summed E-state index contributed by atoms with van der Waals surface area (Å²) in [7, 11) is 0. The molecular weight excluding hydrogens is 434 g/mol. The van der Waals surface area contributed by atoms with E-state index < -0.39 is 0 Å². The van der Waals surface area contributed by atoms with Gasteiger partial charge in [0.1, 0.15) is 5.82 Å². The number of hydrogen-bond acceptors (Lipinski definition) is 3. The molecule has 4 aromatic rings. The molecular formula is C30H31N3O2. The number of carbonyl (C=O) groups is 1. The molecule has 0 radical (unpaired) electrons. The van der Waals surface area contributed by atoms with Crippen LogP contribution in [-0.4, -0.2) is 20.4 Å². The second-order valence-corrected chi connectivity index (χ2v) is 9.57. The maximum Gasteiger partial charge on any atom is 0.266 e. The highest BCUT2D eigenvalue weighted by atomic mass is 16.2. The van der Waals surface area contributed by atoms with Gasteiger partial charge in [0.15, 0.2) is 0 Å². The van der Waals surface area contributed by atoms with Crippen LogP contribution in [0.5, 0.6) is 0 Å². The molecule has 1 amide bonds. The van der Waals surface area contributed by atoms with E-state index in [0.717, 1.165) is 42.5 Å². The number of hydrogen-bond donors (Lipinski definition) is 0. The van der Waals surface area contributed by atoms with Crippen molar-refractivity contribution in [3.05, 3.63) is 106 Å². The van der Waals surface area contributed by atoms with Gasteiger partial charge in [-0.05, 0) is 56.5 Å². The number of amides is 1. The van der Waals surface area contributed by atoms with Crippen molar-refractivity contribution in [1.82, 2.24) is 14.5 Å². The topological polar surface area (TPSA) is 55.2 Å². The maximum atomic E-state index is 13.8. The van der Waals surface area contributed by atoms with E-state index >= 15 is 0 Å². The van der Waals surface area contributed by atoms with Gasteiger partial charge in [-0.3, -0.25) is 14.2 Å². The third kappa shape index (κ3) is 4.63. The first kappa shape index (κ1) is 23.0. The number of aryl methyl sites for hydroxylation is 1.